The van der Waals surface area contributed by atoms with Crippen molar-refractivity contribution >= 4 is 0 Å². The number of rotatable bonds is 0. The van der Waals surface area contributed by atoms with Gasteiger partial charge in [-0.25, -0.2) is 0 Å². The molecular weight excluding hydrogens is 691 g/mol. The van der Waals surface area contributed by atoms with Crippen molar-refractivity contribution in [2.24, 2.45) is 0 Å². The molecule has 0 aromatic carbocycles. The monoisotopic (exact) mass is 691 g/mol. The molecule has 0 aliphatic heterocycles. The summed E-state index contributed by atoms with van der Waals surface area (Å²) >= 11 is 0. The van der Waals surface area contributed by atoms with Crippen LogP contribution in [-0.2, 0) is 34.1 Å². The Balaban J connectivity index is -0.0000000204. The summed E-state index contributed by atoms with van der Waals surface area (Å²) in [6, 6.07) is 0. The minimum atomic E-state index is -1.75. The Hall–Kier alpha value is -3.37. The molecule has 0 aromatic rings. The molecule has 0 heterocycles. The fourth-order valence-electron chi connectivity index (χ4n) is 0. The van der Waals surface area contributed by atoms with Crippen molar-refractivity contribution in [3.05, 3.63) is 107 Å². The summed E-state index contributed by atoms with van der Waals surface area (Å²) in [6.07, 6.45) is 0. The summed E-state index contributed by atoms with van der Waals surface area (Å²) in [7, 11) is 0. The molecule has 31 heteroatoms. The SMILES string of the molecule is O=[N+]([O-])[O-].O=[N+]([O-])[O-].O=[N+]([O-])[O-].O=[N+]([O-])[O-].O=[N+]([O-])[O-].O=[N+]([O-])[O-].O=[N+]([O-])[O-].[Cu+2].[La+3].[Mn+2]. The average molecular weight is 691 g/mol. The summed E-state index contributed by atoms with van der Waals surface area (Å²) in [5.74, 6) is 0. The van der Waals surface area contributed by atoms with Gasteiger partial charge in [-0.3, -0.25) is 0 Å². The van der Waals surface area contributed by atoms with E-state index in [2.05, 4.69) is 0 Å². The number of nitrogens with zero attached hydrogens (tertiary/aromatic N) is 7. The molecule has 0 rings (SSSR count). The van der Waals surface area contributed by atoms with E-state index < -0.39 is 35.6 Å². The van der Waals surface area contributed by atoms with Gasteiger partial charge in [0.15, 0.2) is 0 Å². The van der Waals surface area contributed by atoms with Crippen molar-refractivity contribution in [2.45, 2.75) is 0 Å². The van der Waals surface area contributed by atoms with Gasteiger partial charge in [-0.1, -0.05) is 0 Å². The molecule has 2 radical (unpaired) electrons. The first-order valence-corrected chi connectivity index (χ1v) is 3.83. The van der Waals surface area contributed by atoms with Crippen LogP contribution in [-0.4, -0.2) is 35.6 Å². The Morgan fingerprint density at radius 3 is 0.290 bits per heavy atom. The summed E-state index contributed by atoms with van der Waals surface area (Å²) in [5, 5.41) is 103. The van der Waals surface area contributed by atoms with E-state index in [4.69, 9.17) is 107 Å². The van der Waals surface area contributed by atoms with Crippen molar-refractivity contribution in [3.63, 3.8) is 0 Å². The van der Waals surface area contributed by atoms with Crippen LogP contribution in [0.4, 0.5) is 0 Å². The Morgan fingerprint density at radius 1 is 0.290 bits per heavy atom. The molecule has 0 aromatic heterocycles. The Bertz CT molecular complexity index is 321. The maximum Gasteiger partial charge on any atom is 3.00 e. The van der Waals surface area contributed by atoms with Crippen LogP contribution in [0.3, 0.4) is 0 Å². The van der Waals surface area contributed by atoms with E-state index >= 15 is 0 Å². The van der Waals surface area contributed by atoms with Crippen molar-refractivity contribution in [1.29, 1.82) is 0 Å². The zero-order chi connectivity index (χ0) is 25.0. The minimum Gasteiger partial charge on any atom is -0.356 e. The van der Waals surface area contributed by atoms with Crippen molar-refractivity contribution in [2.75, 3.05) is 0 Å². The quantitative estimate of drug-likeness (QED) is 0.155. The molecule has 0 N–H and O–H groups in total. The van der Waals surface area contributed by atoms with Gasteiger partial charge < -0.3 is 107 Å². The van der Waals surface area contributed by atoms with Gasteiger partial charge in [0.05, 0.1) is 35.6 Å². The minimum absolute atomic E-state index is 0. The molecule has 31 heavy (non-hydrogen) atoms. The fourth-order valence-corrected chi connectivity index (χ4v) is 0. The van der Waals surface area contributed by atoms with Crippen molar-refractivity contribution < 1.29 is 105 Å². The van der Waals surface area contributed by atoms with Crippen molar-refractivity contribution in [1.82, 2.24) is 0 Å². The molecule has 0 saturated heterocycles. The second kappa shape index (κ2) is 56.3. The normalized spacial score (nSPS) is 5.42. The standard InChI is InChI=1S/Cu.La.Mn.7NO3/c;;;7*2-1(3)4/q+2;+3;+2;7*-1. The van der Waals surface area contributed by atoms with E-state index in [-0.39, 0.29) is 69.7 Å². The van der Waals surface area contributed by atoms with Gasteiger partial charge in [0.2, 0.25) is 0 Å². The Morgan fingerprint density at radius 2 is 0.290 bits per heavy atom. The predicted octanol–water partition coefficient (Wildman–Crippen LogP) is -1.68. The fraction of sp³-hybridized carbons (Fsp3) is 0. The molecule has 0 saturated carbocycles. The number of hydrogen-bond acceptors (Lipinski definition) is 21. The summed E-state index contributed by atoms with van der Waals surface area (Å²) in [5.41, 5.74) is 0. The Labute approximate surface area is 212 Å². The van der Waals surface area contributed by atoms with Gasteiger partial charge >= 0.3 is 69.7 Å². The van der Waals surface area contributed by atoms with Crippen LogP contribution in [0.1, 0.15) is 0 Å². The maximum absolute atomic E-state index is 8.25. The van der Waals surface area contributed by atoms with Gasteiger partial charge in [-0.2, -0.15) is 0 Å². The van der Waals surface area contributed by atoms with Crippen LogP contribution < -0.4 is 0 Å². The van der Waals surface area contributed by atoms with E-state index in [1.165, 1.54) is 0 Å². The first-order valence-electron chi connectivity index (χ1n) is 3.83. The van der Waals surface area contributed by atoms with Crippen LogP contribution in [0.15, 0.2) is 0 Å². The van der Waals surface area contributed by atoms with E-state index in [1.54, 1.807) is 0 Å². The first kappa shape index (κ1) is 63.0. The Kier molecular flexibility index (Phi) is 114. The van der Waals surface area contributed by atoms with Crippen LogP contribution in [0, 0.1) is 143 Å². The molecule has 182 valence electrons. The van der Waals surface area contributed by atoms with E-state index in [9.17, 15) is 0 Å². The van der Waals surface area contributed by atoms with E-state index in [0.29, 0.717) is 0 Å². The molecule has 0 unspecified atom stereocenters. The predicted molar refractivity (Wildman–Crippen MR) is 72.5 cm³/mol. The van der Waals surface area contributed by atoms with Gasteiger partial charge in [0, 0.05) is 0 Å². The smallest absolute Gasteiger partial charge is 0.356 e. The van der Waals surface area contributed by atoms with Gasteiger partial charge in [-0.05, 0) is 0 Å². The zero-order valence-corrected chi connectivity index (χ0v) is 18.7. The number of hydrogen-bond donors (Lipinski definition) is 0. The van der Waals surface area contributed by atoms with Crippen LogP contribution in [0.2, 0.25) is 0 Å². The summed E-state index contributed by atoms with van der Waals surface area (Å²) in [6.45, 7) is 0. The van der Waals surface area contributed by atoms with Gasteiger partial charge in [0.25, 0.3) is 0 Å². The molecular formula is CuLaMnN7O21. The molecule has 0 bridgehead atoms. The maximum atomic E-state index is 8.25. The van der Waals surface area contributed by atoms with Gasteiger partial charge in [0.1, 0.15) is 0 Å². The zero-order valence-electron chi connectivity index (χ0n) is 13.0. The van der Waals surface area contributed by atoms with Crippen molar-refractivity contribution in [3.8, 4) is 0 Å². The molecule has 0 spiro atoms. The molecule has 28 nitrogen and oxygen atoms in total. The molecule has 0 atom stereocenters. The first-order chi connectivity index (χ1) is 12.1. The molecule has 0 aliphatic carbocycles. The third-order valence-electron chi connectivity index (χ3n) is 0. The second-order valence-corrected chi connectivity index (χ2v) is 1.57. The largest absolute Gasteiger partial charge is 3.00 e. The van der Waals surface area contributed by atoms with E-state index in [0.717, 1.165) is 0 Å². The summed E-state index contributed by atoms with van der Waals surface area (Å²) in [4.78, 5) is 57.8. The van der Waals surface area contributed by atoms with Crippen LogP contribution in [0.5, 0.6) is 0 Å². The second-order valence-electron chi connectivity index (χ2n) is 1.57. The molecule has 0 amide bonds. The van der Waals surface area contributed by atoms with Gasteiger partial charge in [-0.15, -0.1) is 0 Å². The topological polar surface area (TPSA) is 463 Å². The van der Waals surface area contributed by atoms with Crippen LogP contribution in [0.25, 0.3) is 0 Å². The van der Waals surface area contributed by atoms with Crippen LogP contribution >= 0.6 is 0 Å². The summed E-state index contributed by atoms with van der Waals surface area (Å²) < 4.78 is 0. The molecule has 0 aliphatic rings. The third-order valence-corrected chi connectivity index (χ3v) is 0. The average Bonchev–Trinajstić information content (AvgIpc) is 2.20. The van der Waals surface area contributed by atoms with E-state index in [1.807, 2.05) is 0 Å². The molecule has 0 fully saturated rings. The third kappa shape index (κ3) is 1430.